The summed E-state index contributed by atoms with van der Waals surface area (Å²) in [6, 6.07) is 11.4. The Hall–Kier alpha value is -1.64. The van der Waals surface area contributed by atoms with Crippen molar-refractivity contribution in [3.8, 4) is 11.1 Å². The van der Waals surface area contributed by atoms with Gasteiger partial charge in [-0.2, -0.15) is 0 Å². The second-order valence-electron chi connectivity index (χ2n) is 7.34. The zero-order chi connectivity index (χ0) is 18.4. The lowest BCUT2D eigenvalue weighted by Crippen LogP contribution is -2.35. The number of hydrogen-bond acceptors (Lipinski definition) is 2. The number of rotatable bonds is 3. The van der Waals surface area contributed by atoms with Crippen LogP contribution in [0.1, 0.15) is 43.2 Å². The molecule has 2 aliphatic carbocycles. The van der Waals surface area contributed by atoms with Gasteiger partial charge in [0.15, 0.2) is 11.6 Å². The standard InChI is InChI=1S/C22H20Cl2O2/c1-2-12-3-4-13(17-8-7-16(23)11-19(17)24)10-18(12)20-21(25)14-5-6-15(9-14)22(20)26/h3-4,7-8,10-11,14-15,20H,2,5-6,9H2,1H3/t14-,15+,20?. The van der Waals surface area contributed by atoms with Gasteiger partial charge in [0.05, 0.1) is 0 Å². The number of carbonyl (C=O) groups is 2. The Labute approximate surface area is 163 Å². The van der Waals surface area contributed by atoms with Crippen molar-refractivity contribution in [1.82, 2.24) is 0 Å². The molecule has 2 aliphatic rings. The van der Waals surface area contributed by atoms with Gasteiger partial charge in [-0.25, -0.2) is 0 Å². The van der Waals surface area contributed by atoms with Gasteiger partial charge < -0.3 is 0 Å². The minimum Gasteiger partial charge on any atom is -0.298 e. The fourth-order valence-electron chi connectivity index (χ4n) is 4.49. The van der Waals surface area contributed by atoms with E-state index in [1.807, 2.05) is 24.3 Å². The number of ketones is 2. The van der Waals surface area contributed by atoms with Crippen molar-refractivity contribution in [2.45, 2.75) is 38.5 Å². The van der Waals surface area contributed by atoms with Gasteiger partial charge in [0, 0.05) is 27.4 Å². The Morgan fingerprint density at radius 2 is 1.65 bits per heavy atom. The highest BCUT2D eigenvalue weighted by atomic mass is 35.5. The molecule has 4 heteroatoms. The number of aryl methyl sites for hydroxylation is 1. The van der Waals surface area contributed by atoms with E-state index < -0.39 is 5.92 Å². The molecule has 134 valence electrons. The van der Waals surface area contributed by atoms with E-state index in [-0.39, 0.29) is 23.4 Å². The molecule has 2 aromatic carbocycles. The van der Waals surface area contributed by atoms with Crippen LogP contribution in [-0.2, 0) is 16.0 Å². The number of benzene rings is 2. The average Bonchev–Trinajstić information content (AvgIpc) is 3.07. The molecule has 2 nitrogen and oxygen atoms in total. The number of carbonyl (C=O) groups excluding carboxylic acids is 2. The Kier molecular flexibility index (Phi) is 4.66. The lowest BCUT2D eigenvalue weighted by molar-refractivity contribution is -0.135. The molecule has 0 spiro atoms. The monoisotopic (exact) mass is 386 g/mol. The molecule has 0 aliphatic heterocycles. The van der Waals surface area contributed by atoms with Crippen LogP contribution in [0.4, 0.5) is 0 Å². The van der Waals surface area contributed by atoms with E-state index in [1.165, 1.54) is 0 Å². The first kappa shape index (κ1) is 17.8. The number of halogens is 2. The zero-order valence-electron chi connectivity index (χ0n) is 14.6. The SMILES string of the molecule is CCc1ccc(-c2ccc(Cl)cc2Cl)cc1C1C(=O)[C@@H]2CC[C@@H](C2)C1=O. The molecule has 4 rings (SSSR count). The maximum atomic E-state index is 13.0. The molecule has 2 aromatic rings. The van der Waals surface area contributed by atoms with E-state index in [2.05, 4.69) is 6.92 Å². The molecule has 26 heavy (non-hydrogen) atoms. The number of Topliss-reactive ketones (excluding diaryl/α,β-unsaturated/α-hetero) is 2. The van der Waals surface area contributed by atoms with E-state index in [9.17, 15) is 9.59 Å². The summed E-state index contributed by atoms with van der Waals surface area (Å²) >= 11 is 12.4. The molecule has 3 atom stereocenters. The van der Waals surface area contributed by atoms with Gasteiger partial charge in [-0.1, -0.05) is 48.3 Å². The predicted octanol–water partition coefficient (Wildman–Crippen LogP) is 5.87. The van der Waals surface area contributed by atoms with E-state index in [1.54, 1.807) is 12.1 Å². The van der Waals surface area contributed by atoms with Gasteiger partial charge in [-0.3, -0.25) is 9.59 Å². The highest BCUT2D eigenvalue weighted by molar-refractivity contribution is 6.36. The minimum absolute atomic E-state index is 0.0511. The van der Waals surface area contributed by atoms with Crippen LogP contribution in [0.2, 0.25) is 10.0 Å². The average molecular weight is 387 g/mol. The Morgan fingerprint density at radius 3 is 2.27 bits per heavy atom. The predicted molar refractivity (Wildman–Crippen MR) is 105 cm³/mol. The molecule has 2 saturated carbocycles. The van der Waals surface area contributed by atoms with Gasteiger partial charge in [0.1, 0.15) is 5.92 Å². The fraction of sp³-hybridized carbons (Fsp3) is 0.364. The fourth-order valence-corrected chi connectivity index (χ4v) is 5.01. The molecule has 0 radical (unpaired) electrons. The topological polar surface area (TPSA) is 34.1 Å². The van der Waals surface area contributed by atoms with Crippen LogP contribution in [-0.4, -0.2) is 11.6 Å². The lowest BCUT2D eigenvalue weighted by Gasteiger charge is -2.27. The first-order valence-corrected chi connectivity index (χ1v) is 9.91. The van der Waals surface area contributed by atoms with Crippen LogP contribution in [0.15, 0.2) is 36.4 Å². The lowest BCUT2D eigenvalue weighted by atomic mass is 9.73. The van der Waals surface area contributed by atoms with Crippen molar-refractivity contribution in [2.24, 2.45) is 11.8 Å². The van der Waals surface area contributed by atoms with Crippen molar-refractivity contribution >= 4 is 34.8 Å². The largest absolute Gasteiger partial charge is 0.298 e. The molecule has 0 amide bonds. The third-order valence-electron chi connectivity index (χ3n) is 5.89. The molecular weight excluding hydrogens is 367 g/mol. The molecule has 0 aromatic heterocycles. The highest BCUT2D eigenvalue weighted by Crippen LogP contribution is 2.45. The summed E-state index contributed by atoms with van der Waals surface area (Å²) in [7, 11) is 0. The maximum Gasteiger partial charge on any atom is 0.150 e. The third kappa shape index (κ3) is 2.90. The summed E-state index contributed by atoms with van der Waals surface area (Å²) in [6.07, 6.45) is 3.25. The van der Waals surface area contributed by atoms with Crippen molar-refractivity contribution in [2.75, 3.05) is 0 Å². The molecule has 1 unspecified atom stereocenters. The summed E-state index contributed by atoms with van der Waals surface area (Å²) in [5.41, 5.74) is 3.70. The minimum atomic E-state index is -0.609. The van der Waals surface area contributed by atoms with E-state index in [4.69, 9.17) is 23.2 Å². The van der Waals surface area contributed by atoms with Crippen LogP contribution in [0.5, 0.6) is 0 Å². The van der Waals surface area contributed by atoms with Crippen molar-refractivity contribution in [1.29, 1.82) is 0 Å². The number of fused-ring (bicyclic) bond motifs is 2. The van der Waals surface area contributed by atoms with Gasteiger partial charge in [0.2, 0.25) is 0 Å². The Balaban J connectivity index is 1.83. The first-order chi connectivity index (χ1) is 12.5. The highest BCUT2D eigenvalue weighted by Gasteiger charge is 2.47. The van der Waals surface area contributed by atoms with Gasteiger partial charge >= 0.3 is 0 Å². The normalized spacial score (nSPS) is 25.0. The van der Waals surface area contributed by atoms with Crippen LogP contribution in [0.3, 0.4) is 0 Å². The van der Waals surface area contributed by atoms with Crippen LogP contribution in [0, 0.1) is 11.8 Å². The molecular formula is C22H20Cl2O2. The summed E-state index contributed by atoms with van der Waals surface area (Å²) in [5.74, 6) is -0.289. The van der Waals surface area contributed by atoms with Gasteiger partial charge in [0.25, 0.3) is 0 Å². The Bertz CT molecular complexity index is 881. The van der Waals surface area contributed by atoms with Gasteiger partial charge in [-0.15, -0.1) is 0 Å². The maximum absolute atomic E-state index is 13.0. The summed E-state index contributed by atoms with van der Waals surface area (Å²) in [4.78, 5) is 25.9. The molecule has 2 bridgehead atoms. The summed E-state index contributed by atoms with van der Waals surface area (Å²) in [5, 5.41) is 1.15. The van der Waals surface area contributed by atoms with Crippen LogP contribution < -0.4 is 0 Å². The summed E-state index contributed by atoms with van der Waals surface area (Å²) < 4.78 is 0. The second kappa shape index (κ2) is 6.83. The Morgan fingerprint density at radius 1 is 0.962 bits per heavy atom. The first-order valence-electron chi connectivity index (χ1n) is 9.15. The number of hydrogen-bond donors (Lipinski definition) is 0. The van der Waals surface area contributed by atoms with Gasteiger partial charge in [-0.05, 0) is 60.6 Å². The van der Waals surface area contributed by atoms with Crippen LogP contribution in [0.25, 0.3) is 11.1 Å². The third-order valence-corrected chi connectivity index (χ3v) is 6.43. The molecule has 0 heterocycles. The smallest absolute Gasteiger partial charge is 0.150 e. The van der Waals surface area contributed by atoms with Crippen molar-refractivity contribution in [3.05, 3.63) is 57.6 Å². The molecule has 0 N–H and O–H groups in total. The van der Waals surface area contributed by atoms with E-state index in [0.29, 0.717) is 10.0 Å². The van der Waals surface area contributed by atoms with E-state index >= 15 is 0 Å². The van der Waals surface area contributed by atoms with Crippen molar-refractivity contribution < 1.29 is 9.59 Å². The summed E-state index contributed by atoms with van der Waals surface area (Å²) in [6.45, 7) is 2.06. The quantitative estimate of drug-likeness (QED) is 0.617. The molecule has 0 saturated heterocycles. The van der Waals surface area contributed by atoms with E-state index in [0.717, 1.165) is 47.9 Å². The molecule has 2 fully saturated rings. The van der Waals surface area contributed by atoms with Crippen LogP contribution >= 0.6 is 23.2 Å². The zero-order valence-corrected chi connectivity index (χ0v) is 16.1. The van der Waals surface area contributed by atoms with Crippen molar-refractivity contribution in [3.63, 3.8) is 0 Å². The second-order valence-corrected chi connectivity index (χ2v) is 8.18.